The number of para-hydroxylation sites is 2. The Morgan fingerprint density at radius 3 is 1.69 bits per heavy atom. The largest absolute Gasteiger partial charge is 0.309 e. The molecule has 0 saturated heterocycles. The molecule has 0 N–H and O–H groups in total. The van der Waals surface area contributed by atoms with Crippen LogP contribution in [0.4, 0.5) is 0 Å². The maximum atomic E-state index is 4.61. The third kappa shape index (κ3) is 4.09. The lowest BCUT2D eigenvalue weighted by molar-refractivity contribution is 1.17. The summed E-state index contributed by atoms with van der Waals surface area (Å²) in [6, 6.07) is 64.4. The van der Waals surface area contributed by atoms with Gasteiger partial charge in [-0.2, -0.15) is 0 Å². The first-order valence-corrected chi connectivity index (χ1v) is 18.5. The monoisotopic (exact) mass is 685 g/mol. The molecule has 11 aromatic rings. The molecule has 12 rings (SSSR count). The number of nitrogens with zero attached hydrogens (tertiary/aromatic N) is 3. The highest BCUT2D eigenvalue weighted by Gasteiger charge is 2.23. The number of hydrogen-bond donors (Lipinski definition) is 0. The lowest BCUT2D eigenvalue weighted by Gasteiger charge is -2.13. The Hall–Kier alpha value is -7.23. The van der Waals surface area contributed by atoms with Gasteiger partial charge in [-0.3, -0.25) is 4.98 Å². The Morgan fingerprint density at radius 1 is 0.315 bits per heavy atom. The third-order valence-electron chi connectivity index (χ3n) is 11.6. The average molecular weight is 686 g/mol. The molecule has 1 aliphatic carbocycles. The lowest BCUT2D eigenvalue weighted by atomic mass is 9.94. The quantitative estimate of drug-likeness (QED) is 0.181. The van der Waals surface area contributed by atoms with Gasteiger partial charge in [0.25, 0.3) is 0 Å². The van der Waals surface area contributed by atoms with Crippen LogP contribution in [-0.2, 0) is 0 Å². The van der Waals surface area contributed by atoms with Gasteiger partial charge in [-0.15, -0.1) is 0 Å². The molecule has 250 valence electrons. The first kappa shape index (κ1) is 29.4. The van der Waals surface area contributed by atoms with Crippen LogP contribution in [0.15, 0.2) is 188 Å². The highest BCUT2D eigenvalue weighted by Crippen LogP contribution is 2.49. The van der Waals surface area contributed by atoms with Gasteiger partial charge in [-0.05, 0) is 116 Å². The maximum Gasteiger partial charge on any atom is 0.0724 e. The van der Waals surface area contributed by atoms with E-state index in [1.54, 1.807) is 0 Å². The van der Waals surface area contributed by atoms with Crippen molar-refractivity contribution >= 4 is 54.4 Å². The Balaban J connectivity index is 1.01. The van der Waals surface area contributed by atoms with Crippen molar-refractivity contribution in [3.8, 4) is 55.9 Å². The summed E-state index contributed by atoms with van der Waals surface area (Å²) < 4.78 is 4.74. The van der Waals surface area contributed by atoms with Crippen LogP contribution in [0.5, 0.6) is 0 Å². The van der Waals surface area contributed by atoms with E-state index in [9.17, 15) is 0 Å². The molecule has 0 radical (unpaired) electrons. The molecule has 0 bridgehead atoms. The summed E-state index contributed by atoms with van der Waals surface area (Å²) in [5, 5.41) is 7.55. The van der Waals surface area contributed by atoms with Crippen LogP contribution in [0.2, 0.25) is 0 Å². The highest BCUT2D eigenvalue weighted by atomic mass is 15.0. The molecule has 3 nitrogen and oxygen atoms in total. The topological polar surface area (TPSA) is 22.8 Å². The standard InChI is InChI=1S/C51H31N3/c1-2-11-35(12-3-1)53-47-19-7-6-16-40(47)45-29-32(20-24-48(45)53)33-21-25-49-46(30-33)41-26-27-52-31-50(41)54(49)36-13-8-10-34(28-36)37-22-23-44-39-15-5-4-14-38(39)43-18-9-17-42(37)51(43)44/h1-31H. The number of rotatable bonds is 4. The van der Waals surface area contributed by atoms with Crippen LogP contribution >= 0.6 is 0 Å². The van der Waals surface area contributed by atoms with E-state index in [0.717, 1.165) is 16.7 Å². The van der Waals surface area contributed by atoms with E-state index in [4.69, 9.17) is 0 Å². The smallest absolute Gasteiger partial charge is 0.0724 e. The van der Waals surface area contributed by atoms with E-state index in [2.05, 4.69) is 190 Å². The average Bonchev–Trinajstić information content (AvgIpc) is 3.87. The lowest BCUT2D eigenvalue weighted by Crippen LogP contribution is -1.95. The number of pyridine rings is 1. The molecule has 0 spiro atoms. The highest BCUT2D eigenvalue weighted by molar-refractivity contribution is 6.19. The van der Waals surface area contributed by atoms with Crippen molar-refractivity contribution in [3.05, 3.63) is 188 Å². The van der Waals surface area contributed by atoms with Gasteiger partial charge in [-0.25, -0.2) is 0 Å². The third-order valence-corrected chi connectivity index (χ3v) is 11.6. The molecule has 0 amide bonds. The molecule has 3 aromatic heterocycles. The Labute approximate surface area is 311 Å². The van der Waals surface area contributed by atoms with Crippen molar-refractivity contribution in [1.82, 2.24) is 14.1 Å². The zero-order valence-corrected chi connectivity index (χ0v) is 29.2. The van der Waals surface area contributed by atoms with Gasteiger partial charge < -0.3 is 9.13 Å². The fourth-order valence-electron chi connectivity index (χ4n) is 9.21. The predicted octanol–water partition coefficient (Wildman–Crippen LogP) is 13.4. The van der Waals surface area contributed by atoms with Crippen molar-refractivity contribution < 1.29 is 0 Å². The molecular formula is C51H31N3. The SMILES string of the molecule is c1ccc(-n2c3ccccc3c3cc(-c4ccc5c(c4)c4ccncc4n5-c4cccc(-c5ccc6c7c(cccc57)-c5ccccc5-6)c4)ccc32)cc1. The Bertz CT molecular complexity index is 3300. The molecular weight excluding hydrogens is 655 g/mol. The van der Waals surface area contributed by atoms with E-state index >= 15 is 0 Å². The van der Waals surface area contributed by atoms with E-state index in [1.807, 2.05) is 12.4 Å². The summed E-state index contributed by atoms with van der Waals surface area (Å²) in [4.78, 5) is 4.61. The van der Waals surface area contributed by atoms with Gasteiger partial charge in [0.2, 0.25) is 0 Å². The minimum absolute atomic E-state index is 1.10. The Morgan fingerprint density at radius 2 is 0.889 bits per heavy atom. The number of fused-ring (bicyclic) bond motifs is 9. The first-order chi connectivity index (χ1) is 26.8. The summed E-state index contributed by atoms with van der Waals surface area (Å²) in [5.41, 5.74) is 17.1. The molecule has 0 unspecified atom stereocenters. The molecule has 1 aliphatic rings. The van der Waals surface area contributed by atoms with E-state index in [-0.39, 0.29) is 0 Å². The van der Waals surface area contributed by atoms with Crippen LogP contribution in [0.25, 0.3) is 110 Å². The van der Waals surface area contributed by atoms with Crippen molar-refractivity contribution in [2.45, 2.75) is 0 Å². The molecule has 0 saturated carbocycles. The summed E-state index contributed by atoms with van der Waals surface area (Å²) in [5.74, 6) is 0. The Kier molecular flexibility index (Phi) is 6.05. The second-order valence-corrected chi connectivity index (χ2v) is 14.4. The van der Waals surface area contributed by atoms with Gasteiger partial charge in [-0.1, -0.05) is 115 Å². The zero-order chi connectivity index (χ0) is 35.3. The van der Waals surface area contributed by atoms with Crippen molar-refractivity contribution in [1.29, 1.82) is 0 Å². The molecule has 3 heteroatoms. The van der Waals surface area contributed by atoms with Gasteiger partial charge in [0.15, 0.2) is 0 Å². The van der Waals surface area contributed by atoms with Gasteiger partial charge in [0.05, 0.1) is 28.3 Å². The number of aromatic nitrogens is 3. The van der Waals surface area contributed by atoms with Crippen LogP contribution in [0.1, 0.15) is 0 Å². The number of hydrogen-bond acceptors (Lipinski definition) is 1. The molecule has 54 heavy (non-hydrogen) atoms. The number of benzene rings is 8. The predicted molar refractivity (Wildman–Crippen MR) is 226 cm³/mol. The second-order valence-electron chi connectivity index (χ2n) is 14.4. The second kappa shape index (κ2) is 11.1. The van der Waals surface area contributed by atoms with Crippen LogP contribution in [0.3, 0.4) is 0 Å². The fraction of sp³-hybridized carbons (Fsp3) is 0. The maximum absolute atomic E-state index is 4.61. The van der Waals surface area contributed by atoms with Crippen molar-refractivity contribution in [3.63, 3.8) is 0 Å². The van der Waals surface area contributed by atoms with E-state index in [1.165, 1.54) is 93.5 Å². The van der Waals surface area contributed by atoms with Gasteiger partial charge in [0.1, 0.15) is 0 Å². The minimum Gasteiger partial charge on any atom is -0.309 e. The van der Waals surface area contributed by atoms with Gasteiger partial charge in [0, 0.05) is 39.1 Å². The summed E-state index contributed by atoms with van der Waals surface area (Å²) in [6.07, 6.45) is 3.91. The van der Waals surface area contributed by atoms with E-state index in [0.29, 0.717) is 0 Å². The van der Waals surface area contributed by atoms with Crippen LogP contribution in [0, 0.1) is 0 Å². The normalized spacial score (nSPS) is 12.1. The minimum atomic E-state index is 1.10. The zero-order valence-electron chi connectivity index (χ0n) is 29.2. The van der Waals surface area contributed by atoms with Crippen LogP contribution in [-0.4, -0.2) is 14.1 Å². The molecule has 0 fully saturated rings. The van der Waals surface area contributed by atoms with Crippen LogP contribution < -0.4 is 0 Å². The summed E-state index contributed by atoms with van der Waals surface area (Å²) >= 11 is 0. The van der Waals surface area contributed by atoms with Gasteiger partial charge >= 0.3 is 0 Å². The molecule has 3 heterocycles. The van der Waals surface area contributed by atoms with Crippen molar-refractivity contribution in [2.24, 2.45) is 0 Å². The molecule has 0 atom stereocenters. The fourth-order valence-corrected chi connectivity index (χ4v) is 9.21. The van der Waals surface area contributed by atoms with Crippen molar-refractivity contribution in [2.75, 3.05) is 0 Å². The summed E-state index contributed by atoms with van der Waals surface area (Å²) in [6.45, 7) is 0. The molecule has 8 aromatic carbocycles. The summed E-state index contributed by atoms with van der Waals surface area (Å²) in [7, 11) is 0. The van der Waals surface area contributed by atoms with E-state index < -0.39 is 0 Å². The first-order valence-electron chi connectivity index (χ1n) is 18.5. The molecule has 0 aliphatic heterocycles.